The summed E-state index contributed by atoms with van der Waals surface area (Å²) in [5.41, 5.74) is 6.09. The van der Waals surface area contributed by atoms with Gasteiger partial charge in [0.05, 0.1) is 14.7 Å². The van der Waals surface area contributed by atoms with Gasteiger partial charge in [0.15, 0.2) is 12.3 Å². The van der Waals surface area contributed by atoms with Crippen LogP contribution in [-0.4, -0.2) is 62.3 Å². The van der Waals surface area contributed by atoms with E-state index in [0.717, 1.165) is 28.1 Å². The summed E-state index contributed by atoms with van der Waals surface area (Å²) in [5, 5.41) is 0. The van der Waals surface area contributed by atoms with Crippen molar-refractivity contribution in [3.63, 3.8) is 0 Å². The first-order valence-corrected chi connectivity index (χ1v) is 20.1. The molecule has 11 nitrogen and oxygen atoms in total. The van der Waals surface area contributed by atoms with Crippen LogP contribution in [0.1, 0.15) is 36.1 Å². The molecule has 16 heteroatoms. The van der Waals surface area contributed by atoms with Crippen LogP contribution < -0.4 is 64.0 Å². The van der Waals surface area contributed by atoms with Crippen molar-refractivity contribution in [2.45, 2.75) is 41.6 Å². The maximum Gasteiger partial charge on any atom is 1.00 e. The minimum Gasteiger partial charge on any atom is -0.744 e. The van der Waals surface area contributed by atoms with Crippen LogP contribution >= 0.6 is 0 Å². The molecule has 0 saturated carbocycles. The summed E-state index contributed by atoms with van der Waals surface area (Å²) < 4.78 is 104. The average Bonchev–Trinajstić information content (AvgIpc) is 3.10. The van der Waals surface area contributed by atoms with E-state index in [1.807, 2.05) is 71.9 Å². The number of benzene rings is 4. The Kier molecular flexibility index (Phi) is 15.8. The molecule has 0 amide bonds. The number of hydrogen-bond acceptors (Lipinski definition) is 9. The first-order valence-electron chi connectivity index (χ1n) is 15.8. The molecule has 1 aliphatic rings. The van der Waals surface area contributed by atoms with Gasteiger partial charge in [0, 0.05) is 36.5 Å². The van der Waals surface area contributed by atoms with Crippen LogP contribution in [0.2, 0.25) is 0 Å². The molecule has 0 unspecified atom stereocenters. The molecule has 0 fully saturated rings. The van der Waals surface area contributed by atoms with Crippen molar-refractivity contribution in [2.24, 2.45) is 0 Å². The number of anilines is 1. The van der Waals surface area contributed by atoms with Gasteiger partial charge < -0.3 is 14.0 Å². The van der Waals surface area contributed by atoms with E-state index >= 15 is 0 Å². The van der Waals surface area contributed by atoms with E-state index in [1.54, 1.807) is 30.3 Å². The van der Waals surface area contributed by atoms with Crippen molar-refractivity contribution in [3.05, 3.63) is 149 Å². The van der Waals surface area contributed by atoms with Gasteiger partial charge in [-0.25, -0.2) is 21.4 Å². The third-order valence-electron chi connectivity index (χ3n) is 8.37. The van der Waals surface area contributed by atoms with Crippen LogP contribution in [0.25, 0.3) is 5.57 Å². The van der Waals surface area contributed by atoms with E-state index in [1.165, 1.54) is 42.5 Å². The quantitative estimate of drug-likeness (QED) is 0.111. The molecule has 1 aliphatic carbocycles. The molecule has 1 N–H and O–H groups in total. The summed E-state index contributed by atoms with van der Waals surface area (Å²) in [6, 6.07) is 25.4. The Morgan fingerprint density at radius 2 is 1.17 bits per heavy atom. The van der Waals surface area contributed by atoms with Gasteiger partial charge in [0.1, 0.15) is 26.8 Å². The van der Waals surface area contributed by atoms with E-state index in [4.69, 9.17) is 0 Å². The maximum atomic E-state index is 11.7. The fourth-order valence-electron chi connectivity index (χ4n) is 5.78. The van der Waals surface area contributed by atoms with Crippen molar-refractivity contribution in [1.29, 1.82) is 0 Å². The van der Waals surface area contributed by atoms with Crippen molar-refractivity contribution in [1.82, 2.24) is 0 Å². The van der Waals surface area contributed by atoms with Gasteiger partial charge in [-0.2, -0.15) is 8.42 Å². The van der Waals surface area contributed by atoms with Crippen molar-refractivity contribution in [3.8, 4) is 0 Å². The van der Waals surface area contributed by atoms with Gasteiger partial charge in [-0.1, -0.05) is 48.5 Å². The second-order valence-corrected chi connectivity index (χ2v) is 15.9. The van der Waals surface area contributed by atoms with E-state index < -0.39 is 30.4 Å². The van der Waals surface area contributed by atoms with Gasteiger partial charge in [-0.05, 0) is 102 Å². The van der Waals surface area contributed by atoms with Gasteiger partial charge in [0.2, 0.25) is 0 Å². The van der Waals surface area contributed by atoms with Crippen molar-refractivity contribution < 1.29 is 103 Å². The van der Waals surface area contributed by atoms with E-state index in [0.29, 0.717) is 42.9 Å². The Hall–Kier alpha value is -2.70. The van der Waals surface area contributed by atoms with Crippen LogP contribution in [0.5, 0.6) is 0 Å². The fourth-order valence-corrected chi connectivity index (χ4v) is 7.34. The molecular formula is C37H35N2Na2O9S3+. The Morgan fingerprint density at radius 3 is 1.68 bits per heavy atom. The summed E-state index contributed by atoms with van der Waals surface area (Å²) in [5.74, 6) is 0. The maximum absolute atomic E-state index is 11.7. The van der Waals surface area contributed by atoms with Gasteiger partial charge in [-0.15, -0.1) is 0 Å². The molecule has 5 rings (SSSR count). The van der Waals surface area contributed by atoms with Crippen LogP contribution in [0.4, 0.5) is 5.69 Å². The Morgan fingerprint density at radius 1 is 0.660 bits per heavy atom. The van der Waals surface area contributed by atoms with Gasteiger partial charge in [-0.3, -0.25) is 4.55 Å². The van der Waals surface area contributed by atoms with Gasteiger partial charge >= 0.3 is 59.1 Å². The normalized spacial score (nSPS) is 12.8. The molecule has 0 radical (unpaired) electrons. The second kappa shape index (κ2) is 18.8. The third kappa shape index (κ3) is 11.7. The average molecular weight is 794 g/mol. The smallest absolute Gasteiger partial charge is 0.744 e. The summed E-state index contributed by atoms with van der Waals surface area (Å²) in [4.78, 5) is 1.20. The number of nitrogens with zero attached hydrogens (tertiary/aromatic N) is 2. The van der Waals surface area contributed by atoms with E-state index in [9.17, 15) is 38.9 Å². The Bertz CT molecular complexity index is 2390. The third-order valence-corrected chi connectivity index (χ3v) is 10.9. The van der Waals surface area contributed by atoms with Crippen molar-refractivity contribution >= 4 is 47.3 Å². The first-order chi connectivity index (χ1) is 24.1. The predicted octanol–water partition coefficient (Wildman–Crippen LogP) is -0.622. The molecule has 0 heterocycles. The standard InChI is InChI=1S/C37H36N2O9S3.2Na/c1-3-38(25-27-7-5-9-35(23-27)50(43,44)45)32-17-11-29(12-18-32)37(31-15-21-34(22-16-31)49(40,41)42)30-13-19-33(20-14-30)39(4-2)26-28-8-6-10-36(24-28)51(46,47)48;;/h5-24H,3-4,25-26H2,1-2H3,(H2-,40,41,42,43,44,45,46,47,48);;/q;2*+1/p-1. The zero-order chi connectivity index (χ0) is 37.0. The van der Waals surface area contributed by atoms with E-state index in [-0.39, 0.29) is 73.8 Å². The SMILES string of the molecule is CCN(Cc1cccc(S(=O)(=O)[O-])c1)c1ccc(C(=C2C=CC(=[N+](CC)Cc3cccc(S(=O)(=O)O)c3)C=C2)c2ccc(S(=O)(=O)[O-])cc2)cc1.[Na+].[Na+]. The molecule has 266 valence electrons. The fraction of sp³-hybridized carbons (Fsp3) is 0.162. The van der Waals surface area contributed by atoms with Crippen LogP contribution in [0.15, 0.2) is 142 Å². The first kappa shape index (κ1) is 44.7. The molecule has 0 saturated heterocycles. The minimum absolute atomic E-state index is 0. The topological polar surface area (TPSA) is 175 Å². The molecule has 0 bridgehead atoms. The predicted molar refractivity (Wildman–Crippen MR) is 192 cm³/mol. The molecule has 53 heavy (non-hydrogen) atoms. The monoisotopic (exact) mass is 793 g/mol. The number of rotatable bonds is 12. The molecule has 0 aromatic heterocycles. The molecule has 0 spiro atoms. The van der Waals surface area contributed by atoms with Crippen LogP contribution in [-0.2, 0) is 43.4 Å². The summed E-state index contributed by atoms with van der Waals surface area (Å²) in [6.07, 6.45) is 7.68. The molecule has 0 aliphatic heterocycles. The molecule has 0 atom stereocenters. The summed E-state index contributed by atoms with van der Waals surface area (Å²) in [7, 11) is -13.6. The summed E-state index contributed by atoms with van der Waals surface area (Å²) in [6.45, 7) is 5.85. The largest absolute Gasteiger partial charge is 1.00 e. The molecular weight excluding hydrogens is 759 g/mol. The Balaban J connectivity index is 0.00000378. The van der Waals surface area contributed by atoms with Gasteiger partial charge in [0.25, 0.3) is 10.1 Å². The van der Waals surface area contributed by atoms with E-state index in [2.05, 4.69) is 0 Å². The zero-order valence-corrected chi connectivity index (χ0v) is 36.2. The minimum atomic E-state index is -4.65. The number of hydrogen-bond donors (Lipinski definition) is 1. The second-order valence-electron chi connectivity index (χ2n) is 11.7. The van der Waals surface area contributed by atoms with Crippen LogP contribution in [0, 0.1) is 0 Å². The van der Waals surface area contributed by atoms with Crippen LogP contribution in [0.3, 0.4) is 0 Å². The number of allylic oxidation sites excluding steroid dienone is 5. The zero-order valence-electron chi connectivity index (χ0n) is 29.7. The Labute approximate surface area is 355 Å². The molecule has 4 aromatic rings. The molecule has 4 aromatic carbocycles. The van der Waals surface area contributed by atoms with Crippen molar-refractivity contribution in [2.75, 3.05) is 18.0 Å². The summed E-state index contributed by atoms with van der Waals surface area (Å²) >= 11 is 0.